The van der Waals surface area contributed by atoms with Gasteiger partial charge in [0, 0.05) is 5.69 Å². The van der Waals surface area contributed by atoms with Crippen molar-refractivity contribution in [2.75, 3.05) is 18.2 Å². The van der Waals surface area contributed by atoms with Crippen molar-refractivity contribution in [2.45, 2.75) is 5.16 Å². The van der Waals surface area contributed by atoms with Gasteiger partial charge in [0.2, 0.25) is 5.91 Å². The van der Waals surface area contributed by atoms with Crippen LogP contribution in [0.15, 0.2) is 101 Å². The summed E-state index contributed by atoms with van der Waals surface area (Å²) in [5.41, 5.74) is 2.97. The van der Waals surface area contributed by atoms with Gasteiger partial charge < -0.3 is 10.1 Å². The van der Waals surface area contributed by atoms with E-state index in [-0.39, 0.29) is 11.7 Å². The Kier molecular flexibility index (Phi) is 6.88. The lowest BCUT2D eigenvalue weighted by atomic mass is 10.3. The fraction of sp³-hybridized carbons (Fsp3) is 0.0870. The monoisotopic (exact) mass is 444 g/mol. The summed E-state index contributed by atoms with van der Waals surface area (Å²) < 4.78 is 7.20. The normalized spacial score (nSPS) is 10.9. The number of methoxy groups -OCH3 is 1. The second-order valence-corrected chi connectivity index (χ2v) is 7.52. The average molecular weight is 445 g/mol. The average Bonchev–Trinajstić information content (AvgIpc) is 3.31. The number of carbonyl (C=O) groups is 1. The molecular formula is C23H20N6O2S. The second-order valence-electron chi connectivity index (χ2n) is 6.57. The molecule has 160 valence electrons. The van der Waals surface area contributed by atoms with Gasteiger partial charge in [-0.15, -0.1) is 10.2 Å². The molecule has 0 unspecified atom stereocenters. The number of nitrogens with one attached hydrogen (secondary N) is 1. The molecule has 0 spiro atoms. The molecule has 4 rings (SSSR count). The summed E-state index contributed by atoms with van der Waals surface area (Å²) in [6.45, 7) is 0. The van der Waals surface area contributed by atoms with Crippen LogP contribution in [0.4, 0.5) is 17.1 Å². The van der Waals surface area contributed by atoms with Crippen LogP contribution in [0.2, 0.25) is 0 Å². The summed E-state index contributed by atoms with van der Waals surface area (Å²) in [6.07, 6.45) is 1.60. The lowest BCUT2D eigenvalue weighted by molar-refractivity contribution is -0.113. The van der Waals surface area contributed by atoms with E-state index in [0.29, 0.717) is 22.3 Å². The molecule has 0 saturated carbocycles. The molecule has 3 aromatic carbocycles. The first kappa shape index (κ1) is 21.3. The number of hydrogen-bond acceptors (Lipinski definition) is 7. The third kappa shape index (κ3) is 5.38. The van der Waals surface area contributed by atoms with Crippen molar-refractivity contribution in [2.24, 2.45) is 10.2 Å². The minimum atomic E-state index is -0.150. The maximum atomic E-state index is 12.4. The molecule has 4 aromatic rings. The standard InChI is InChI=1S/C23H20N6O2S/c1-31-21-10-6-5-9-20(21)29-16-24-28-23(29)32-15-22(30)25-17-11-13-19(14-12-17)27-26-18-7-3-2-4-8-18/h2-14,16H,15H2,1H3,(H,25,30). The van der Waals surface area contributed by atoms with E-state index >= 15 is 0 Å². The van der Waals surface area contributed by atoms with Crippen LogP contribution in [-0.2, 0) is 4.79 Å². The molecule has 1 heterocycles. The Morgan fingerprint density at radius 3 is 2.41 bits per heavy atom. The van der Waals surface area contributed by atoms with Crippen molar-refractivity contribution in [1.82, 2.24) is 14.8 Å². The van der Waals surface area contributed by atoms with Gasteiger partial charge in [-0.1, -0.05) is 42.1 Å². The second kappa shape index (κ2) is 10.4. The molecule has 0 bridgehead atoms. The van der Waals surface area contributed by atoms with Crippen LogP contribution < -0.4 is 10.1 Å². The van der Waals surface area contributed by atoms with Crippen LogP contribution in [0.5, 0.6) is 5.75 Å². The number of nitrogens with zero attached hydrogens (tertiary/aromatic N) is 5. The zero-order chi connectivity index (χ0) is 22.2. The predicted octanol–water partition coefficient (Wildman–Crippen LogP) is 5.42. The number of anilines is 1. The van der Waals surface area contributed by atoms with Crippen molar-refractivity contribution < 1.29 is 9.53 Å². The van der Waals surface area contributed by atoms with Crippen molar-refractivity contribution in [3.63, 3.8) is 0 Å². The van der Waals surface area contributed by atoms with Crippen LogP contribution in [0.25, 0.3) is 5.69 Å². The number of rotatable bonds is 8. The van der Waals surface area contributed by atoms with Crippen molar-refractivity contribution in [3.05, 3.63) is 85.2 Å². The molecule has 0 radical (unpaired) electrons. The topological polar surface area (TPSA) is 93.8 Å². The van der Waals surface area contributed by atoms with E-state index < -0.39 is 0 Å². The maximum absolute atomic E-state index is 12.4. The van der Waals surface area contributed by atoms with Gasteiger partial charge >= 0.3 is 0 Å². The molecule has 0 aliphatic carbocycles. The van der Waals surface area contributed by atoms with Gasteiger partial charge in [-0.3, -0.25) is 9.36 Å². The fourth-order valence-corrected chi connectivity index (χ4v) is 3.59. The Hall–Kier alpha value is -3.98. The molecular weight excluding hydrogens is 424 g/mol. The molecule has 1 N–H and O–H groups in total. The predicted molar refractivity (Wildman–Crippen MR) is 124 cm³/mol. The number of azo groups is 1. The Balaban J connectivity index is 1.34. The van der Waals surface area contributed by atoms with E-state index in [2.05, 4.69) is 25.7 Å². The largest absolute Gasteiger partial charge is 0.495 e. The molecule has 8 nitrogen and oxygen atoms in total. The highest BCUT2D eigenvalue weighted by molar-refractivity contribution is 7.99. The zero-order valence-electron chi connectivity index (χ0n) is 17.3. The van der Waals surface area contributed by atoms with Gasteiger partial charge in [-0.25, -0.2) is 0 Å². The number of ether oxygens (including phenoxy) is 1. The van der Waals surface area contributed by atoms with Gasteiger partial charge in [0.15, 0.2) is 5.16 Å². The minimum Gasteiger partial charge on any atom is -0.495 e. The smallest absolute Gasteiger partial charge is 0.234 e. The Labute approximate surface area is 189 Å². The highest BCUT2D eigenvalue weighted by Crippen LogP contribution is 2.27. The quantitative estimate of drug-likeness (QED) is 0.289. The number of benzene rings is 3. The highest BCUT2D eigenvalue weighted by Gasteiger charge is 2.13. The summed E-state index contributed by atoms with van der Waals surface area (Å²) in [4.78, 5) is 12.4. The van der Waals surface area contributed by atoms with Crippen LogP contribution in [-0.4, -0.2) is 33.5 Å². The van der Waals surface area contributed by atoms with E-state index in [9.17, 15) is 4.79 Å². The summed E-state index contributed by atoms with van der Waals surface area (Å²) in [7, 11) is 1.61. The number of carbonyl (C=O) groups excluding carboxylic acids is 1. The molecule has 9 heteroatoms. The molecule has 0 saturated heterocycles. The first-order valence-electron chi connectivity index (χ1n) is 9.76. The lowest BCUT2D eigenvalue weighted by Gasteiger charge is -2.10. The van der Waals surface area contributed by atoms with Crippen LogP contribution in [0, 0.1) is 0 Å². The Bertz CT molecular complexity index is 1210. The first-order chi connectivity index (χ1) is 15.7. The van der Waals surface area contributed by atoms with Gasteiger partial charge in [0.05, 0.1) is 29.9 Å². The maximum Gasteiger partial charge on any atom is 0.234 e. The number of para-hydroxylation sites is 2. The van der Waals surface area contributed by atoms with Gasteiger partial charge in [0.1, 0.15) is 12.1 Å². The van der Waals surface area contributed by atoms with Crippen LogP contribution in [0.3, 0.4) is 0 Å². The van der Waals surface area contributed by atoms with Crippen molar-refractivity contribution >= 4 is 34.7 Å². The number of amides is 1. The van der Waals surface area contributed by atoms with Gasteiger partial charge in [0.25, 0.3) is 0 Å². The molecule has 1 amide bonds. The van der Waals surface area contributed by atoms with Crippen molar-refractivity contribution in [3.8, 4) is 11.4 Å². The van der Waals surface area contributed by atoms with Gasteiger partial charge in [-0.05, 0) is 48.5 Å². The van der Waals surface area contributed by atoms with Crippen molar-refractivity contribution in [1.29, 1.82) is 0 Å². The molecule has 0 aliphatic heterocycles. The molecule has 0 atom stereocenters. The van der Waals surface area contributed by atoms with Crippen LogP contribution >= 0.6 is 11.8 Å². The number of aromatic nitrogens is 3. The number of thioether (sulfide) groups is 1. The summed E-state index contributed by atoms with van der Waals surface area (Å²) in [5, 5.41) is 19.9. The number of hydrogen-bond donors (Lipinski definition) is 1. The first-order valence-corrected chi connectivity index (χ1v) is 10.7. The van der Waals surface area contributed by atoms with Crippen LogP contribution in [0.1, 0.15) is 0 Å². The Morgan fingerprint density at radius 1 is 0.969 bits per heavy atom. The Morgan fingerprint density at radius 2 is 1.66 bits per heavy atom. The molecule has 0 fully saturated rings. The molecule has 32 heavy (non-hydrogen) atoms. The zero-order valence-corrected chi connectivity index (χ0v) is 18.1. The summed E-state index contributed by atoms with van der Waals surface area (Å²) in [5.74, 6) is 0.731. The lowest BCUT2D eigenvalue weighted by Crippen LogP contribution is -2.14. The van der Waals surface area contributed by atoms with E-state index in [1.807, 2.05) is 54.6 Å². The van der Waals surface area contributed by atoms with E-state index in [1.54, 1.807) is 42.3 Å². The molecule has 1 aromatic heterocycles. The third-order valence-corrected chi connectivity index (χ3v) is 5.32. The summed E-state index contributed by atoms with van der Waals surface area (Å²) in [6, 6.07) is 24.2. The summed E-state index contributed by atoms with van der Waals surface area (Å²) >= 11 is 1.29. The fourth-order valence-electron chi connectivity index (χ4n) is 2.87. The minimum absolute atomic E-state index is 0.150. The molecule has 0 aliphatic rings. The third-order valence-electron chi connectivity index (χ3n) is 4.38. The van der Waals surface area contributed by atoms with E-state index in [1.165, 1.54) is 11.8 Å². The van der Waals surface area contributed by atoms with E-state index in [4.69, 9.17) is 4.74 Å². The SMILES string of the molecule is COc1ccccc1-n1cnnc1SCC(=O)Nc1ccc(N=Nc2ccccc2)cc1. The van der Waals surface area contributed by atoms with E-state index in [0.717, 1.165) is 11.4 Å². The highest BCUT2D eigenvalue weighted by atomic mass is 32.2. The van der Waals surface area contributed by atoms with Gasteiger partial charge in [-0.2, -0.15) is 10.2 Å².